The highest BCUT2D eigenvalue weighted by atomic mass is 16.5. The molecule has 4 aromatic rings. The Morgan fingerprint density at radius 3 is 2.41 bits per heavy atom. The summed E-state index contributed by atoms with van der Waals surface area (Å²) < 4.78 is 19.9. The van der Waals surface area contributed by atoms with Gasteiger partial charge in [-0.3, -0.25) is 0 Å². The van der Waals surface area contributed by atoms with Crippen molar-refractivity contribution in [1.82, 2.24) is 14.8 Å². The van der Waals surface area contributed by atoms with E-state index in [4.69, 9.17) is 14.2 Å². The summed E-state index contributed by atoms with van der Waals surface area (Å²) in [6, 6.07) is 20.8. The first-order chi connectivity index (χ1) is 18.0. The van der Waals surface area contributed by atoms with Gasteiger partial charge < -0.3 is 19.5 Å². The predicted molar refractivity (Wildman–Crippen MR) is 143 cm³/mol. The maximum absolute atomic E-state index is 6.77. The van der Waals surface area contributed by atoms with Crippen molar-refractivity contribution in [2.24, 2.45) is 0 Å². The SMILES string of the molecule is COc1ccc(C2C3=C(Nc4ncnn42)c2cc(C)ccc2OC3c2ccc(C(C)C)cc2)cc1OC. The Bertz CT molecular complexity index is 1500. The van der Waals surface area contributed by atoms with Crippen molar-refractivity contribution in [3.63, 3.8) is 0 Å². The maximum Gasteiger partial charge on any atom is 0.226 e. The highest BCUT2D eigenvalue weighted by Crippen LogP contribution is 2.51. The molecule has 0 radical (unpaired) electrons. The largest absolute Gasteiger partial charge is 0.493 e. The van der Waals surface area contributed by atoms with Crippen LogP contribution >= 0.6 is 0 Å². The number of methoxy groups -OCH3 is 2. The zero-order chi connectivity index (χ0) is 25.7. The number of fused-ring (bicyclic) bond motifs is 3. The summed E-state index contributed by atoms with van der Waals surface area (Å²) in [5.74, 6) is 3.31. The van der Waals surface area contributed by atoms with Crippen molar-refractivity contribution in [2.75, 3.05) is 19.5 Å². The zero-order valence-corrected chi connectivity index (χ0v) is 21.6. The quantitative estimate of drug-likeness (QED) is 0.352. The van der Waals surface area contributed by atoms with Gasteiger partial charge in [0.2, 0.25) is 5.95 Å². The fourth-order valence-electron chi connectivity index (χ4n) is 5.26. The summed E-state index contributed by atoms with van der Waals surface area (Å²) in [4.78, 5) is 4.53. The number of benzene rings is 3. The minimum atomic E-state index is -0.325. The lowest BCUT2D eigenvalue weighted by atomic mass is 9.84. The van der Waals surface area contributed by atoms with Gasteiger partial charge in [0.15, 0.2) is 11.5 Å². The summed E-state index contributed by atoms with van der Waals surface area (Å²) in [5.41, 5.74) is 7.63. The Balaban J connectivity index is 1.59. The molecule has 188 valence electrons. The van der Waals surface area contributed by atoms with E-state index >= 15 is 0 Å². The number of rotatable bonds is 5. The van der Waals surface area contributed by atoms with Gasteiger partial charge in [0.25, 0.3) is 0 Å². The van der Waals surface area contributed by atoms with Crippen molar-refractivity contribution in [1.29, 1.82) is 0 Å². The molecule has 2 aliphatic heterocycles. The van der Waals surface area contributed by atoms with Crippen molar-refractivity contribution < 1.29 is 14.2 Å². The van der Waals surface area contributed by atoms with Gasteiger partial charge >= 0.3 is 0 Å². The van der Waals surface area contributed by atoms with E-state index in [9.17, 15) is 0 Å². The number of aryl methyl sites for hydroxylation is 1. The molecule has 2 atom stereocenters. The Morgan fingerprint density at radius 1 is 0.919 bits per heavy atom. The van der Waals surface area contributed by atoms with E-state index in [0.29, 0.717) is 23.4 Å². The minimum Gasteiger partial charge on any atom is -0.493 e. The number of nitrogens with one attached hydrogen (secondary N) is 1. The topological polar surface area (TPSA) is 70.4 Å². The van der Waals surface area contributed by atoms with Crippen LogP contribution < -0.4 is 19.5 Å². The second-order valence-electron chi connectivity index (χ2n) is 9.82. The number of nitrogens with zero attached hydrogens (tertiary/aromatic N) is 3. The third-order valence-electron chi connectivity index (χ3n) is 7.20. The molecule has 0 amide bonds. The summed E-state index contributed by atoms with van der Waals surface area (Å²) in [6.07, 6.45) is 1.26. The van der Waals surface area contributed by atoms with Crippen molar-refractivity contribution in [2.45, 2.75) is 38.8 Å². The zero-order valence-electron chi connectivity index (χ0n) is 21.6. The molecule has 0 saturated heterocycles. The fourth-order valence-corrected chi connectivity index (χ4v) is 5.26. The second-order valence-corrected chi connectivity index (χ2v) is 9.82. The molecule has 7 nitrogen and oxygen atoms in total. The molecular weight excluding hydrogens is 464 g/mol. The van der Waals surface area contributed by atoms with Crippen LogP contribution in [0.15, 0.2) is 72.6 Å². The minimum absolute atomic E-state index is 0.267. The van der Waals surface area contributed by atoms with Crippen molar-refractivity contribution in [3.8, 4) is 17.2 Å². The predicted octanol–water partition coefficient (Wildman–Crippen LogP) is 6.29. The summed E-state index contributed by atoms with van der Waals surface area (Å²) >= 11 is 0. The fraction of sp³-hybridized carbons (Fsp3) is 0.267. The summed E-state index contributed by atoms with van der Waals surface area (Å²) in [5, 5.41) is 8.20. The van der Waals surface area contributed by atoms with Gasteiger partial charge in [-0.05, 0) is 53.8 Å². The first kappa shape index (κ1) is 23.2. The molecular formula is C30H30N4O3. The molecule has 2 unspecified atom stereocenters. The highest BCUT2D eigenvalue weighted by Gasteiger charge is 2.41. The van der Waals surface area contributed by atoms with E-state index in [1.165, 1.54) is 5.56 Å². The lowest BCUT2D eigenvalue weighted by molar-refractivity contribution is 0.223. The van der Waals surface area contributed by atoms with E-state index in [2.05, 4.69) is 84.7 Å². The first-order valence-electron chi connectivity index (χ1n) is 12.5. The lowest BCUT2D eigenvalue weighted by Gasteiger charge is -2.39. The highest BCUT2D eigenvalue weighted by molar-refractivity contribution is 5.85. The van der Waals surface area contributed by atoms with Crippen molar-refractivity contribution in [3.05, 3.63) is 100 Å². The number of anilines is 1. The molecule has 2 aliphatic rings. The number of aromatic nitrogens is 3. The van der Waals surface area contributed by atoms with Crippen LogP contribution in [0.1, 0.15) is 59.7 Å². The molecule has 7 heteroatoms. The molecule has 0 fully saturated rings. The van der Waals surface area contributed by atoms with Gasteiger partial charge in [0, 0.05) is 11.1 Å². The number of hydrogen-bond acceptors (Lipinski definition) is 6. The summed E-state index contributed by atoms with van der Waals surface area (Å²) in [6.45, 7) is 6.50. The van der Waals surface area contributed by atoms with Gasteiger partial charge in [-0.1, -0.05) is 55.8 Å². The number of ether oxygens (including phenoxy) is 3. The van der Waals surface area contributed by atoms with Crippen LogP contribution in [0.5, 0.6) is 17.2 Å². The number of hydrogen-bond donors (Lipinski definition) is 1. The standard InChI is InChI=1S/C30H30N4O3/c1-17(2)19-7-9-20(10-8-19)29-26-27(22-14-18(3)6-12-23(22)37-29)33-30-31-16-32-34(30)28(26)21-11-13-24(35-4)25(15-21)36-5/h6-17,28-29H,1-5H3,(H,31,32,33). The van der Waals surface area contributed by atoms with E-state index in [1.54, 1.807) is 20.5 Å². The van der Waals surface area contributed by atoms with E-state index < -0.39 is 0 Å². The van der Waals surface area contributed by atoms with Crippen LogP contribution in [0.4, 0.5) is 5.95 Å². The van der Waals surface area contributed by atoms with Crippen molar-refractivity contribution >= 4 is 11.6 Å². The normalized spacial score (nSPS) is 17.9. The monoisotopic (exact) mass is 494 g/mol. The Kier molecular flexibility index (Phi) is 5.63. The summed E-state index contributed by atoms with van der Waals surface area (Å²) in [7, 11) is 3.29. The van der Waals surface area contributed by atoms with Crippen LogP contribution in [0.2, 0.25) is 0 Å². The van der Waals surface area contributed by atoms with Crippen LogP contribution in [-0.2, 0) is 0 Å². The van der Waals surface area contributed by atoms with Gasteiger partial charge in [0.1, 0.15) is 24.2 Å². The molecule has 1 aromatic heterocycles. The maximum atomic E-state index is 6.77. The van der Waals surface area contributed by atoms with Crippen LogP contribution in [0, 0.1) is 6.92 Å². The van der Waals surface area contributed by atoms with Gasteiger partial charge in [-0.15, -0.1) is 0 Å². The van der Waals surface area contributed by atoms with Gasteiger partial charge in [-0.2, -0.15) is 10.1 Å². The molecule has 1 N–H and O–H groups in total. The van der Waals surface area contributed by atoms with Gasteiger partial charge in [-0.25, -0.2) is 4.68 Å². The molecule has 0 spiro atoms. The first-order valence-corrected chi connectivity index (χ1v) is 12.5. The molecule has 0 saturated carbocycles. The molecule has 0 bridgehead atoms. The average molecular weight is 495 g/mol. The third-order valence-corrected chi connectivity index (χ3v) is 7.20. The van der Waals surface area contributed by atoms with E-state index in [1.807, 2.05) is 16.8 Å². The van der Waals surface area contributed by atoms with Crippen LogP contribution in [0.3, 0.4) is 0 Å². The molecule has 3 aromatic carbocycles. The molecule has 37 heavy (non-hydrogen) atoms. The Labute approximate surface area is 216 Å². The third kappa shape index (κ3) is 3.82. The van der Waals surface area contributed by atoms with Crippen LogP contribution in [-0.4, -0.2) is 29.0 Å². The van der Waals surface area contributed by atoms with Gasteiger partial charge in [0.05, 0.1) is 19.9 Å². The molecule has 0 aliphatic carbocycles. The lowest BCUT2D eigenvalue weighted by Crippen LogP contribution is -2.32. The molecule has 3 heterocycles. The van der Waals surface area contributed by atoms with E-state index in [-0.39, 0.29) is 12.1 Å². The smallest absolute Gasteiger partial charge is 0.226 e. The second kappa shape index (κ2) is 9.00. The van der Waals surface area contributed by atoms with Crippen LogP contribution in [0.25, 0.3) is 5.70 Å². The Hall–Kier alpha value is -4.26. The average Bonchev–Trinajstić information content (AvgIpc) is 3.39. The molecule has 6 rings (SSSR count). The van der Waals surface area contributed by atoms with E-state index in [0.717, 1.165) is 39.3 Å². The Morgan fingerprint density at radius 2 is 1.68 bits per heavy atom.